The lowest BCUT2D eigenvalue weighted by atomic mass is 9.85. The quantitative estimate of drug-likeness (QED) is 0.801. The third kappa shape index (κ3) is 7.45. The molecule has 0 bridgehead atoms. The van der Waals surface area contributed by atoms with Crippen molar-refractivity contribution in [3.63, 3.8) is 0 Å². The Bertz CT molecular complexity index is 372. The van der Waals surface area contributed by atoms with E-state index >= 15 is 0 Å². The normalized spacial score (nSPS) is 26.7. The van der Waals surface area contributed by atoms with Crippen molar-refractivity contribution < 1.29 is 18.0 Å². The van der Waals surface area contributed by atoms with E-state index in [1.54, 1.807) is 4.90 Å². The van der Waals surface area contributed by atoms with E-state index < -0.39 is 12.7 Å². The third-order valence-corrected chi connectivity index (χ3v) is 4.37. The molecule has 2 aliphatic rings. The van der Waals surface area contributed by atoms with E-state index in [9.17, 15) is 18.0 Å². The molecule has 0 radical (unpaired) electrons. The lowest BCUT2D eigenvalue weighted by Gasteiger charge is -2.31. The average Bonchev–Trinajstić information content (AvgIpc) is 2.61. The maximum absolute atomic E-state index is 12.5. The van der Waals surface area contributed by atoms with Gasteiger partial charge in [-0.3, -0.25) is 9.69 Å². The molecular weight excluding hydrogens is 354 g/mol. The minimum absolute atomic E-state index is 0. The Balaban J connectivity index is 0.00000242. The Morgan fingerprint density at radius 2 is 1.74 bits per heavy atom. The Hall–Kier alpha value is -0.240. The van der Waals surface area contributed by atoms with Crippen LogP contribution in [-0.2, 0) is 4.79 Å². The van der Waals surface area contributed by atoms with E-state index in [0.717, 1.165) is 19.3 Å². The van der Waals surface area contributed by atoms with Crippen molar-refractivity contribution >= 4 is 30.7 Å². The predicted octanol–water partition coefficient (Wildman–Crippen LogP) is 2.44. The highest BCUT2D eigenvalue weighted by Gasteiger charge is 2.33. The molecule has 0 aromatic carbocycles. The van der Waals surface area contributed by atoms with Gasteiger partial charge in [0.1, 0.15) is 0 Å². The SMILES string of the molecule is Cl.Cl.NC1CCCC(C(=O)N2CCCN(CC(F)(F)F)CC2)C1. The number of hydrogen-bond donors (Lipinski definition) is 1. The van der Waals surface area contributed by atoms with Crippen LogP contribution in [0.15, 0.2) is 0 Å². The summed E-state index contributed by atoms with van der Waals surface area (Å²) in [4.78, 5) is 15.6. The highest BCUT2D eigenvalue weighted by Crippen LogP contribution is 2.25. The van der Waals surface area contributed by atoms with Gasteiger partial charge in [-0.15, -0.1) is 24.8 Å². The number of halogens is 5. The summed E-state index contributed by atoms with van der Waals surface area (Å²) in [5.74, 6) is 0.0434. The smallest absolute Gasteiger partial charge is 0.341 e. The van der Waals surface area contributed by atoms with Gasteiger partial charge in [0.05, 0.1) is 6.54 Å². The lowest BCUT2D eigenvalue weighted by Crippen LogP contribution is -2.43. The minimum Gasteiger partial charge on any atom is -0.341 e. The Morgan fingerprint density at radius 1 is 1.04 bits per heavy atom. The molecule has 1 amide bonds. The van der Waals surface area contributed by atoms with Gasteiger partial charge in [0.15, 0.2) is 0 Å². The zero-order valence-corrected chi connectivity index (χ0v) is 14.7. The van der Waals surface area contributed by atoms with Gasteiger partial charge < -0.3 is 10.6 Å². The molecule has 0 aromatic rings. The van der Waals surface area contributed by atoms with Gasteiger partial charge in [0.25, 0.3) is 0 Å². The molecule has 0 spiro atoms. The average molecular weight is 380 g/mol. The van der Waals surface area contributed by atoms with E-state index in [-0.39, 0.29) is 42.7 Å². The van der Waals surface area contributed by atoms with E-state index in [1.807, 2.05) is 0 Å². The number of carbonyl (C=O) groups is 1. The number of nitrogens with two attached hydrogens (primary N) is 1. The summed E-state index contributed by atoms with van der Waals surface area (Å²) < 4.78 is 37.3. The first-order valence-corrected chi connectivity index (χ1v) is 7.68. The molecule has 2 rings (SSSR count). The summed E-state index contributed by atoms with van der Waals surface area (Å²) in [7, 11) is 0. The summed E-state index contributed by atoms with van der Waals surface area (Å²) in [6.07, 6.45) is -0.0818. The maximum Gasteiger partial charge on any atom is 0.401 e. The maximum atomic E-state index is 12.5. The molecule has 9 heteroatoms. The number of carbonyl (C=O) groups excluding carboxylic acids is 1. The van der Waals surface area contributed by atoms with Crippen LogP contribution < -0.4 is 5.73 Å². The Morgan fingerprint density at radius 3 is 2.35 bits per heavy atom. The Kier molecular flexibility index (Phi) is 9.81. The van der Waals surface area contributed by atoms with Crippen LogP contribution in [0, 0.1) is 5.92 Å². The fourth-order valence-electron chi connectivity index (χ4n) is 3.31. The van der Waals surface area contributed by atoms with Crippen LogP contribution in [0.2, 0.25) is 0 Å². The largest absolute Gasteiger partial charge is 0.401 e. The highest BCUT2D eigenvalue weighted by atomic mass is 35.5. The van der Waals surface area contributed by atoms with Crippen molar-refractivity contribution in [2.75, 3.05) is 32.7 Å². The van der Waals surface area contributed by atoms with Gasteiger partial charge in [-0.2, -0.15) is 13.2 Å². The molecule has 1 heterocycles. The number of amides is 1. The summed E-state index contributed by atoms with van der Waals surface area (Å²) in [5.41, 5.74) is 5.91. The molecule has 1 saturated carbocycles. The lowest BCUT2D eigenvalue weighted by molar-refractivity contribution is -0.145. The zero-order chi connectivity index (χ0) is 15.5. The standard InChI is InChI=1S/C14H24F3N3O.2ClH/c15-14(16,17)10-19-5-2-6-20(8-7-19)13(21)11-3-1-4-12(18)9-11;;/h11-12H,1-10,18H2;2*1H. The van der Waals surface area contributed by atoms with Crippen molar-refractivity contribution in [1.82, 2.24) is 9.80 Å². The van der Waals surface area contributed by atoms with Gasteiger partial charge in [-0.05, 0) is 25.7 Å². The van der Waals surface area contributed by atoms with Crippen molar-refractivity contribution in [2.45, 2.75) is 44.3 Å². The van der Waals surface area contributed by atoms with Crippen LogP contribution in [-0.4, -0.2) is 60.6 Å². The topological polar surface area (TPSA) is 49.6 Å². The van der Waals surface area contributed by atoms with Crippen LogP contribution in [0.3, 0.4) is 0 Å². The van der Waals surface area contributed by atoms with Gasteiger partial charge >= 0.3 is 6.18 Å². The van der Waals surface area contributed by atoms with Gasteiger partial charge in [-0.1, -0.05) is 6.42 Å². The molecule has 2 fully saturated rings. The summed E-state index contributed by atoms with van der Waals surface area (Å²) >= 11 is 0. The second kappa shape index (κ2) is 9.91. The van der Waals surface area contributed by atoms with Crippen LogP contribution >= 0.6 is 24.8 Å². The summed E-state index contributed by atoms with van der Waals surface area (Å²) in [5, 5.41) is 0. The zero-order valence-electron chi connectivity index (χ0n) is 13.1. The molecule has 2 unspecified atom stereocenters. The molecule has 2 N–H and O–H groups in total. The molecular formula is C14H26Cl2F3N3O. The fourth-order valence-corrected chi connectivity index (χ4v) is 3.31. The van der Waals surface area contributed by atoms with Crippen molar-refractivity contribution in [3.8, 4) is 0 Å². The van der Waals surface area contributed by atoms with E-state index in [2.05, 4.69) is 0 Å². The van der Waals surface area contributed by atoms with Gasteiger partial charge in [0, 0.05) is 38.1 Å². The molecule has 1 aliphatic carbocycles. The number of nitrogens with zero attached hydrogens (tertiary/aromatic N) is 2. The van der Waals surface area contributed by atoms with Crippen LogP contribution in [0.1, 0.15) is 32.1 Å². The van der Waals surface area contributed by atoms with Gasteiger partial charge in [0.2, 0.25) is 5.91 Å². The first kappa shape index (κ1) is 22.8. The first-order valence-electron chi connectivity index (χ1n) is 7.68. The van der Waals surface area contributed by atoms with Crippen molar-refractivity contribution in [1.29, 1.82) is 0 Å². The van der Waals surface area contributed by atoms with Crippen molar-refractivity contribution in [3.05, 3.63) is 0 Å². The Labute approximate surface area is 147 Å². The van der Waals surface area contributed by atoms with E-state index in [4.69, 9.17) is 5.73 Å². The van der Waals surface area contributed by atoms with Gasteiger partial charge in [-0.25, -0.2) is 0 Å². The van der Waals surface area contributed by atoms with E-state index in [1.165, 1.54) is 4.90 Å². The monoisotopic (exact) mass is 379 g/mol. The summed E-state index contributed by atoms with van der Waals surface area (Å²) in [6, 6.07) is 0.0846. The fraction of sp³-hybridized carbons (Fsp3) is 0.929. The predicted molar refractivity (Wildman–Crippen MR) is 88.1 cm³/mol. The molecule has 1 saturated heterocycles. The number of hydrogen-bond acceptors (Lipinski definition) is 3. The molecule has 138 valence electrons. The molecule has 2 atom stereocenters. The second-order valence-electron chi connectivity index (χ2n) is 6.19. The van der Waals surface area contributed by atoms with Crippen LogP contribution in [0.25, 0.3) is 0 Å². The van der Waals surface area contributed by atoms with Crippen molar-refractivity contribution in [2.24, 2.45) is 11.7 Å². The molecule has 23 heavy (non-hydrogen) atoms. The molecule has 4 nitrogen and oxygen atoms in total. The molecule has 1 aliphatic heterocycles. The van der Waals surface area contributed by atoms with Crippen LogP contribution in [0.5, 0.6) is 0 Å². The second-order valence-corrected chi connectivity index (χ2v) is 6.19. The summed E-state index contributed by atoms with van der Waals surface area (Å²) in [6.45, 7) is 0.750. The number of alkyl halides is 3. The van der Waals surface area contributed by atoms with Crippen LogP contribution in [0.4, 0.5) is 13.2 Å². The van der Waals surface area contributed by atoms with E-state index in [0.29, 0.717) is 39.0 Å². The minimum atomic E-state index is -4.17. The first-order chi connectivity index (χ1) is 9.85. The number of rotatable bonds is 2. The highest BCUT2D eigenvalue weighted by molar-refractivity contribution is 5.85. The molecule has 0 aromatic heterocycles. The third-order valence-electron chi connectivity index (χ3n) is 4.37.